The van der Waals surface area contributed by atoms with Crippen molar-refractivity contribution in [2.45, 2.75) is 58.5 Å². The molecule has 0 aliphatic carbocycles. The molecule has 5 rings (SSSR count). The van der Waals surface area contributed by atoms with Crippen LogP contribution in [0.4, 0.5) is 5.82 Å². The van der Waals surface area contributed by atoms with Gasteiger partial charge in [0, 0.05) is 38.8 Å². The van der Waals surface area contributed by atoms with E-state index in [0.717, 1.165) is 61.5 Å². The predicted molar refractivity (Wildman–Crippen MR) is 123 cm³/mol. The van der Waals surface area contributed by atoms with Gasteiger partial charge in [-0.1, -0.05) is 12.5 Å². The van der Waals surface area contributed by atoms with Crippen LogP contribution in [0.1, 0.15) is 58.7 Å². The Morgan fingerprint density at radius 1 is 1.13 bits per heavy atom. The number of aromatic nitrogens is 3. The van der Waals surface area contributed by atoms with Gasteiger partial charge in [-0.05, 0) is 49.8 Å². The Bertz CT molecular complexity index is 1180. The van der Waals surface area contributed by atoms with E-state index < -0.39 is 0 Å². The van der Waals surface area contributed by atoms with E-state index in [0.29, 0.717) is 28.2 Å². The number of pyridine rings is 1. The number of carbonyl (C=O) groups excluding carboxylic acids is 1. The molecule has 0 atom stereocenters. The van der Waals surface area contributed by atoms with Gasteiger partial charge < -0.3 is 10.2 Å². The smallest absolute Gasteiger partial charge is 0.262 e. The van der Waals surface area contributed by atoms with Crippen LogP contribution in [0.25, 0.3) is 10.2 Å². The van der Waals surface area contributed by atoms with Gasteiger partial charge in [0.15, 0.2) is 0 Å². The lowest BCUT2D eigenvalue weighted by molar-refractivity contribution is 0.0954. The summed E-state index contributed by atoms with van der Waals surface area (Å²) < 4.78 is 1.81. The van der Waals surface area contributed by atoms with E-state index in [4.69, 9.17) is 4.98 Å². The van der Waals surface area contributed by atoms with Gasteiger partial charge in [-0.3, -0.25) is 14.2 Å². The van der Waals surface area contributed by atoms with Crippen molar-refractivity contribution in [3.8, 4) is 0 Å². The topological polar surface area (TPSA) is 80.1 Å². The molecule has 0 aromatic carbocycles. The fourth-order valence-corrected chi connectivity index (χ4v) is 5.65. The molecule has 1 amide bonds. The lowest BCUT2D eigenvalue weighted by atomic mass is 10.2. The van der Waals surface area contributed by atoms with Crippen molar-refractivity contribution in [1.29, 1.82) is 0 Å². The summed E-state index contributed by atoms with van der Waals surface area (Å²) in [5.41, 5.74) is 1.69. The molecule has 0 unspecified atom stereocenters. The number of hydrogen-bond donors (Lipinski definition) is 1. The lowest BCUT2D eigenvalue weighted by Gasteiger charge is -2.16. The highest BCUT2D eigenvalue weighted by Gasteiger charge is 2.22. The van der Waals surface area contributed by atoms with E-state index in [1.54, 1.807) is 0 Å². The number of aryl methyl sites for hydroxylation is 2. The molecule has 3 aromatic rings. The summed E-state index contributed by atoms with van der Waals surface area (Å²) in [5, 5.41) is 3.58. The zero-order chi connectivity index (χ0) is 21.4. The van der Waals surface area contributed by atoms with Crippen LogP contribution >= 0.6 is 11.3 Å². The first-order valence-corrected chi connectivity index (χ1v) is 11.9. The number of carbonyl (C=O) groups is 1. The molecule has 2 aliphatic rings. The van der Waals surface area contributed by atoms with Crippen molar-refractivity contribution in [3.05, 3.63) is 50.5 Å². The number of thiophene rings is 1. The maximum absolute atomic E-state index is 13.1. The van der Waals surface area contributed by atoms with E-state index in [1.165, 1.54) is 24.2 Å². The van der Waals surface area contributed by atoms with Gasteiger partial charge in [0.25, 0.3) is 11.5 Å². The minimum absolute atomic E-state index is 0.00333. The van der Waals surface area contributed by atoms with Crippen LogP contribution in [0.2, 0.25) is 0 Å². The first kappa shape index (κ1) is 20.2. The highest BCUT2D eigenvalue weighted by atomic mass is 32.1. The fourth-order valence-electron chi connectivity index (χ4n) is 4.54. The van der Waals surface area contributed by atoms with Crippen LogP contribution in [0.5, 0.6) is 0 Å². The van der Waals surface area contributed by atoms with E-state index >= 15 is 0 Å². The second kappa shape index (κ2) is 8.42. The summed E-state index contributed by atoms with van der Waals surface area (Å²) in [6.45, 7) is 5.10. The van der Waals surface area contributed by atoms with E-state index in [-0.39, 0.29) is 11.5 Å². The average molecular weight is 438 g/mol. The quantitative estimate of drug-likeness (QED) is 0.677. The number of rotatable bonds is 4. The third-order valence-electron chi connectivity index (χ3n) is 6.31. The molecule has 1 saturated heterocycles. The molecule has 0 spiro atoms. The third kappa shape index (κ3) is 3.84. The summed E-state index contributed by atoms with van der Waals surface area (Å²) in [4.78, 5) is 38.8. The number of amides is 1. The number of anilines is 1. The van der Waals surface area contributed by atoms with Crippen LogP contribution in [0, 0.1) is 6.92 Å². The molecule has 0 radical (unpaired) electrons. The van der Waals surface area contributed by atoms with Crippen molar-refractivity contribution < 1.29 is 4.79 Å². The van der Waals surface area contributed by atoms with Crippen LogP contribution in [-0.2, 0) is 19.5 Å². The number of nitrogens with one attached hydrogen (secondary N) is 1. The Morgan fingerprint density at radius 3 is 2.71 bits per heavy atom. The minimum atomic E-state index is -0.163. The molecule has 5 heterocycles. The van der Waals surface area contributed by atoms with Crippen LogP contribution < -0.4 is 15.8 Å². The SMILES string of the molecule is Cc1c(C(=O)NCc2ccc(N3CCCC3)nc2)sc2nc3n(c(=O)c12)CCCCC3. The Morgan fingerprint density at radius 2 is 1.94 bits per heavy atom. The summed E-state index contributed by atoms with van der Waals surface area (Å²) in [6.07, 6.45) is 8.27. The summed E-state index contributed by atoms with van der Waals surface area (Å²) in [6, 6.07) is 4.04. The Kier molecular flexibility index (Phi) is 5.48. The summed E-state index contributed by atoms with van der Waals surface area (Å²) >= 11 is 1.32. The minimum Gasteiger partial charge on any atom is -0.357 e. The largest absolute Gasteiger partial charge is 0.357 e. The zero-order valence-electron chi connectivity index (χ0n) is 17.8. The fraction of sp³-hybridized carbons (Fsp3) is 0.478. The van der Waals surface area contributed by atoms with E-state index in [2.05, 4.69) is 15.2 Å². The highest BCUT2D eigenvalue weighted by molar-refractivity contribution is 7.20. The van der Waals surface area contributed by atoms with Crippen molar-refractivity contribution >= 4 is 33.3 Å². The molecule has 162 valence electrons. The number of hydrogen-bond acceptors (Lipinski definition) is 6. The molecule has 8 heteroatoms. The van der Waals surface area contributed by atoms with Gasteiger partial charge in [-0.2, -0.15) is 0 Å². The summed E-state index contributed by atoms with van der Waals surface area (Å²) in [5.74, 6) is 1.69. The van der Waals surface area contributed by atoms with Gasteiger partial charge in [-0.15, -0.1) is 11.3 Å². The molecule has 3 aromatic heterocycles. The van der Waals surface area contributed by atoms with Gasteiger partial charge in [0.05, 0.1) is 10.3 Å². The first-order chi connectivity index (χ1) is 15.1. The maximum Gasteiger partial charge on any atom is 0.262 e. The molecule has 0 saturated carbocycles. The maximum atomic E-state index is 13.1. The normalized spacial score (nSPS) is 16.4. The van der Waals surface area contributed by atoms with Crippen LogP contribution in [-0.4, -0.2) is 33.5 Å². The lowest BCUT2D eigenvalue weighted by Crippen LogP contribution is -2.25. The van der Waals surface area contributed by atoms with Gasteiger partial charge in [-0.25, -0.2) is 9.97 Å². The van der Waals surface area contributed by atoms with Crippen molar-refractivity contribution in [1.82, 2.24) is 19.9 Å². The summed E-state index contributed by atoms with van der Waals surface area (Å²) in [7, 11) is 0. The first-order valence-electron chi connectivity index (χ1n) is 11.1. The van der Waals surface area contributed by atoms with Crippen molar-refractivity contribution in [3.63, 3.8) is 0 Å². The Hall–Kier alpha value is -2.74. The molecule has 1 N–H and O–H groups in total. The monoisotopic (exact) mass is 437 g/mol. The molecule has 1 fully saturated rings. The molecular formula is C23H27N5O2S. The predicted octanol–water partition coefficient (Wildman–Crippen LogP) is 3.42. The van der Waals surface area contributed by atoms with Crippen molar-refractivity contribution in [2.75, 3.05) is 18.0 Å². The number of nitrogens with zero attached hydrogens (tertiary/aromatic N) is 4. The second-order valence-electron chi connectivity index (χ2n) is 8.43. The standard InChI is InChI=1S/C23H27N5O2S/c1-15-19-22(26-18-7-3-2-4-12-28(18)23(19)30)31-20(15)21(29)25-14-16-8-9-17(24-13-16)27-10-5-6-11-27/h8-9,13H,2-7,10-12,14H2,1H3,(H,25,29). The van der Waals surface area contributed by atoms with Gasteiger partial charge >= 0.3 is 0 Å². The zero-order valence-corrected chi connectivity index (χ0v) is 18.6. The van der Waals surface area contributed by atoms with Crippen LogP contribution in [0.3, 0.4) is 0 Å². The molecule has 2 aliphatic heterocycles. The second-order valence-corrected chi connectivity index (χ2v) is 9.43. The highest BCUT2D eigenvalue weighted by Crippen LogP contribution is 2.28. The van der Waals surface area contributed by atoms with E-state index in [9.17, 15) is 9.59 Å². The Balaban J connectivity index is 1.34. The third-order valence-corrected chi connectivity index (χ3v) is 7.49. The molecule has 0 bridgehead atoms. The average Bonchev–Trinajstić information content (AvgIpc) is 3.35. The molecule has 7 nitrogen and oxygen atoms in total. The Labute approximate surface area is 185 Å². The van der Waals surface area contributed by atoms with Crippen molar-refractivity contribution in [2.24, 2.45) is 0 Å². The molecule has 31 heavy (non-hydrogen) atoms. The van der Waals surface area contributed by atoms with Crippen LogP contribution in [0.15, 0.2) is 23.1 Å². The van der Waals surface area contributed by atoms with E-state index in [1.807, 2.05) is 29.8 Å². The van der Waals surface area contributed by atoms with Gasteiger partial charge in [0.2, 0.25) is 0 Å². The molecular weight excluding hydrogens is 410 g/mol. The number of fused-ring (bicyclic) bond motifs is 2. The van der Waals surface area contributed by atoms with Gasteiger partial charge in [0.1, 0.15) is 16.5 Å².